The molecule has 3 rings (SSSR count). The largest absolute Gasteiger partial charge is 0.381 e. The molecule has 0 atom stereocenters. The van der Waals surface area contributed by atoms with Gasteiger partial charge in [0.15, 0.2) is 11.6 Å². The molecular weight excluding hydrogens is 245 g/mol. The highest BCUT2D eigenvalue weighted by Gasteiger charge is 2.26. The van der Waals surface area contributed by atoms with Crippen LogP contribution >= 0.6 is 0 Å². The third-order valence-electron chi connectivity index (χ3n) is 3.27. The fourth-order valence-corrected chi connectivity index (χ4v) is 2.27. The van der Waals surface area contributed by atoms with Crippen molar-refractivity contribution in [3.8, 4) is 0 Å². The van der Waals surface area contributed by atoms with E-state index < -0.39 is 5.82 Å². The van der Waals surface area contributed by atoms with Crippen molar-refractivity contribution in [2.45, 2.75) is 13.1 Å². The maximum Gasteiger partial charge on any atom is 0.257 e. The molecular formula is C14H12FN3O. The predicted octanol–water partition coefficient (Wildman–Crippen LogP) is 1.96. The molecule has 1 aromatic carbocycles. The number of nitrogens with two attached hydrogens (primary N) is 1. The van der Waals surface area contributed by atoms with E-state index in [-0.39, 0.29) is 17.3 Å². The normalized spacial score (nSPS) is 13.4. The van der Waals surface area contributed by atoms with Gasteiger partial charge in [-0.2, -0.15) is 0 Å². The van der Waals surface area contributed by atoms with Crippen molar-refractivity contribution in [2.75, 3.05) is 5.73 Å². The molecule has 0 saturated carbocycles. The fraction of sp³-hybridized carbons (Fsp3) is 0.143. The van der Waals surface area contributed by atoms with E-state index in [2.05, 4.69) is 4.98 Å². The van der Waals surface area contributed by atoms with Crippen LogP contribution in [0.4, 0.5) is 10.2 Å². The summed E-state index contributed by atoms with van der Waals surface area (Å²) in [6, 6.07) is 9.16. The molecule has 1 aliphatic heterocycles. The number of anilines is 1. The number of pyridine rings is 1. The number of benzene rings is 1. The zero-order valence-corrected chi connectivity index (χ0v) is 10.1. The Labute approximate surface area is 109 Å². The molecule has 5 heteroatoms. The SMILES string of the molecule is Nc1nccc(C(=O)N2Cc3ccccc3C2)c1F. The number of carbonyl (C=O) groups is 1. The summed E-state index contributed by atoms with van der Waals surface area (Å²) in [6.45, 7) is 0.993. The Hall–Kier alpha value is -2.43. The second kappa shape index (κ2) is 4.35. The Kier molecular flexibility index (Phi) is 2.67. The first-order valence-electron chi connectivity index (χ1n) is 5.93. The maximum atomic E-state index is 13.8. The summed E-state index contributed by atoms with van der Waals surface area (Å²) >= 11 is 0. The van der Waals surface area contributed by atoms with Gasteiger partial charge in [0.2, 0.25) is 0 Å². The van der Waals surface area contributed by atoms with E-state index in [0.29, 0.717) is 13.1 Å². The molecule has 2 heterocycles. The van der Waals surface area contributed by atoms with Crippen molar-refractivity contribution in [3.05, 3.63) is 59.0 Å². The summed E-state index contributed by atoms with van der Waals surface area (Å²) in [5.74, 6) is -1.35. The summed E-state index contributed by atoms with van der Waals surface area (Å²) in [7, 11) is 0. The van der Waals surface area contributed by atoms with Crippen molar-refractivity contribution in [1.29, 1.82) is 0 Å². The zero-order chi connectivity index (χ0) is 13.4. The van der Waals surface area contributed by atoms with Crippen molar-refractivity contribution in [2.24, 2.45) is 0 Å². The summed E-state index contributed by atoms with van der Waals surface area (Å²) in [5.41, 5.74) is 7.55. The molecule has 0 spiro atoms. The predicted molar refractivity (Wildman–Crippen MR) is 68.6 cm³/mol. The summed E-state index contributed by atoms with van der Waals surface area (Å²) in [4.78, 5) is 17.5. The summed E-state index contributed by atoms with van der Waals surface area (Å²) in [6.07, 6.45) is 1.34. The van der Waals surface area contributed by atoms with E-state index in [4.69, 9.17) is 5.73 Å². The lowest BCUT2D eigenvalue weighted by molar-refractivity contribution is 0.0746. The number of aromatic nitrogens is 1. The minimum absolute atomic E-state index is 0.0275. The smallest absolute Gasteiger partial charge is 0.257 e. The van der Waals surface area contributed by atoms with Crippen molar-refractivity contribution in [3.63, 3.8) is 0 Å². The second-order valence-corrected chi connectivity index (χ2v) is 4.49. The Morgan fingerprint density at radius 2 is 1.84 bits per heavy atom. The quantitative estimate of drug-likeness (QED) is 0.849. The topological polar surface area (TPSA) is 59.2 Å². The van der Waals surface area contributed by atoms with E-state index in [1.165, 1.54) is 12.3 Å². The van der Waals surface area contributed by atoms with Gasteiger partial charge in [0.1, 0.15) is 0 Å². The standard InChI is InChI=1S/C14H12FN3O/c15-12-11(5-6-17-13(12)16)14(19)18-7-9-3-1-2-4-10(9)8-18/h1-6H,7-8H2,(H2,16,17). The molecule has 1 aromatic heterocycles. The highest BCUT2D eigenvalue weighted by Crippen LogP contribution is 2.25. The average molecular weight is 257 g/mol. The van der Waals surface area contributed by atoms with Crippen LogP contribution in [-0.2, 0) is 13.1 Å². The summed E-state index contributed by atoms with van der Waals surface area (Å²) < 4.78 is 13.8. The van der Waals surface area contributed by atoms with Gasteiger partial charge in [-0.25, -0.2) is 9.37 Å². The zero-order valence-electron chi connectivity index (χ0n) is 10.1. The van der Waals surface area contributed by atoms with Crippen LogP contribution < -0.4 is 5.73 Å². The van der Waals surface area contributed by atoms with Crippen molar-refractivity contribution in [1.82, 2.24) is 9.88 Å². The Morgan fingerprint density at radius 1 is 1.21 bits per heavy atom. The van der Waals surface area contributed by atoms with Crippen LogP contribution in [0.3, 0.4) is 0 Å². The first-order valence-corrected chi connectivity index (χ1v) is 5.93. The molecule has 4 nitrogen and oxygen atoms in total. The molecule has 96 valence electrons. The van der Waals surface area contributed by atoms with E-state index in [0.717, 1.165) is 11.1 Å². The second-order valence-electron chi connectivity index (χ2n) is 4.49. The maximum absolute atomic E-state index is 13.8. The van der Waals surface area contributed by atoms with Gasteiger partial charge >= 0.3 is 0 Å². The van der Waals surface area contributed by atoms with Gasteiger partial charge in [-0.15, -0.1) is 0 Å². The highest BCUT2D eigenvalue weighted by atomic mass is 19.1. The molecule has 19 heavy (non-hydrogen) atoms. The highest BCUT2D eigenvalue weighted by molar-refractivity contribution is 5.95. The minimum atomic E-state index is -0.747. The molecule has 0 radical (unpaired) electrons. The lowest BCUT2D eigenvalue weighted by Gasteiger charge is -2.16. The molecule has 0 aliphatic carbocycles. The molecule has 1 amide bonds. The summed E-state index contributed by atoms with van der Waals surface area (Å²) in [5, 5.41) is 0. The monoisotopic (exact) mass is 257 g/mol. The number of fused-ring (bicyclic) bond motifs is 1. The lowest BCUT2D eigenvalue weighted by Crippen LogP contribution is -2.26. The number of hydrogen-bond donors (Lipinski definition) is 1. The lowest BCUT2D eigenvalue weighted by atomic mass is 10.1. The molecule has 0 unspecified atom stereocenters. The number of nitrogens with zero attached hydrogens (tertiary/aromatic N) is 2. The Bertz CT molecular complexity index is 632. The van der Waals surface area contributed by atoms with E-state index in [1.807, 2.05) is 24.3 Å². The van der Waals surface area contributed by atoms with Gasteiger partial charge in [-0.05, 0) is 17.2 Å². The van der Waals surface area contributed by atoms with Crippen molar-refractivity contribution >= 4 is 11.7 Å². The van der Waals surface area contributed by atoms with Gasteiger partial charge in [-0.1, -0.05) is 24.3 Å². The minimum Gasteiger partial charge on any atom is -0.381 e. The van der Waals surface area contributed by atoms with E-state index >= 15 is 0 Å². The van der Waals surface area contributed by atoms with Crippen LogP contribution in [0.1, 0.15) is 21.5 Å². The van der Waals surface area contributed by atoms with Crippen LogP contribution in [-0.4, -0.2) is 15.8 Å². The number of amides is 1. The van der Waals surface area contributed by atoms with Gasteiger partial charge < -0.3 is 10.6 Å². The van der Waals surface area contributed by atoms with Crippen LogP contribution in [0, 0.1) is 5.82 Å². The average Bonchev–Trinajstić information content (AvgIpc) is 2.85. The van der Waals surface area contributed by atoms with Crippen LogP contribution in [0.25, 0.3) is 0 Å². The van der Waals surface area contributed by atoms with Crippen LogP contribution in [0.2, 0.25) is 0 Å². The van der Waals surface area contributed by atoms with Crippen LogP contribution in [0.5, 0.6) is 0 Å². The number of halogens is 1. The molecule has 0 bridgehead atoms. The Balaban J connectivity index is 1.89. The van der Waals surface area contributed by atoms with Crippen molar-refractivity contribution < 1.29 is 9.18 Å². The van der Waals surface area contributed by atoms with Gasteiger partial charge in [-0.3, -0.25) is 4.79 Å². The molecule has 2 aromatic rings. The van der Waals surface area contributed by atoms with Crippen LogP contribution in [0.15, 0.2) is 36.5 Å². The first kappa shape index (κ1) is 11.6. The Morgan fingerprint density at radius 3 is 2.47 bits per heavy atom. The number of hydrogen-bond acceptors (Lipinski definition) is 3. The third-order valence-corrected chi connectivity index (χ3v) is 3.27. The van der Waals surface area contributed by atoms with Gasteiger partial charge in [0, 0.05) is 19.3 Å². The van der Waals surface area contributed by atoms with E-state index in [1.54, 1.807) is 4.90 Å². The number of rotatable bonds is 1. The molecule has 0 saturated heterocycles. The fourth-order valence-electron chi connectivity index (χ4n) is 2.27. The molecule has 1 aliphatic rings. The number of carbonyl (C=O) groups excluding carboxylic acids is 1. The third kappa shape index (κ3) is 1.93. The first-order chi connectivity index (χ1) is 9.16. The van der Waals surface area contributed by atoms with E-state index in [9.17, 15) is 9.18 Å². The molecule has 0 fully saturated rings. The molecule has 2 N–H and O–H groups in total. The van der Waals surface area contributed by atoms with Gasteiger partial charge in [0.25, 0.3) is 5.91 Å². The number of nitrogen functional groups attached to an aromatic ring is 1. The van der Waals surface area contributed by atoms with Gasteiger partial charge in [0.05, 0.1) is 5.56 Å².